The Labute approximate surface area is 118 Å². The Morgan fingerprint density at radius 2 is 2.00 bits per heavy atom. The number of ether oxygens (including phenoxy) is 2. The van der Waals surface area contributed by atoms with Crippen molar-refractivity contribution >= 4 is 11.6 Å². The zero-order valence-corrected chi connectivity index (χ0v) is 12.0. The smallest absolute Gasteiger partial charge is 0.231 e. The summed E-state index contributed by atoms with van der Waals surface area (Å²) in [5.74, 6) is 1.43. The van der Waals surface area contributed by atoms with Crippen LogP contribution in [0.3, 0.4) is 0 Å². The Hall–Kier alpha value is -0.970. The van der Waals surface area contributed by atoms with Gasteiger partial charge >= 0.3 is 0 Å². The molecular formula is C14H19ClN2O2. The summed E-state index contributed by atoms with van der Waals surface area (Å²) in [6.07, 6.45) is 0. The number of halogens is 1. The molecule has 2 heterocycles. The van der Waals surface area contributed by atoms with Gasteiger partial charge < -0.3 is 14.8 Å². The molecule has 3 rings (SSSR count). The third kappa shape index (κ3) is 2.53. The van der Waals surface area contributed by atoms with Crippen LogP contribution in [-0.4, -0.2) is 36.9 Å². The molecule has 2 atom stereocenters. The molecule has 0 aromatic heterocycles. The Morgan fingerprint density at radius 3 is 2.74 bits per heavy atom. The van der Waals surface area contributed by atoms with Crippen LogP contribution in [0.25, 0.3) is 0 Å². The summed E-state index contributed by atoms with van der Waals surface area (Å²) in [4.78, 5) is 2.49. The molecule has 5 heteroatoms. The normalized spacial score (nSPS) is 26.7. The highest BCUT2D eigenvalue weighted by atomic mass is 35.5. The highest BCUT2D eigenvalue weighted by molar-refractivity contribution is 6.32. The fourth-order valence-electron chi connectivity index (χ4n) is 2.80. The van der Waals surface area contributed by atoms with Gasteiger partial charge in [-0.25, -0.2) is 0 Å². The van der Waals surface area contributed by atoms with E-state index in [4.69, 9.17) is 21.1 Å². The lowest BCUT2D eigenvalue weighted by Crippen LogP contribution is -2.54. The van der Waals surface area contributed by atoms with Crippen LogP contribution in [0.2, 0.25) is 5.02 Å². The molecular weight excluding hydrogens is 264 g/mol. The molecule has 19 heavy (non-hydrogen) atoms. The SMILES string of the molecule is CC1CNCC(C)N1Cc1cc(Cl)c2c(c1)OCO2. The minimum atomic E-state index is 0.263. The maximum atomic E-state index is 6.23. The molecule has 1 aromatic carbocycles. The van der Waals surface area contributed by atoms with E-state index in [9.17, 15) is 0 Å². The average Bonchev–Trinajstić information content (AvgIpc) is 2.83. The molecule has 0 radical (unpaired) electrons. The molecule has 1 aromatic rings. The standard InChI is InChI=1S/C14H19ClN2O2/c1-9-5-16-6-10(2)17(9)7-11-3-12(15)14-13(4-11)18-8-19-14/h3-4,9-10,16H,5-8H2,1-2H3. The van der Waals surface area contributed by atoms with Crippen LogP contribution < -0.4 is 14.8 Å². The number of benzene rings is 1. The lowest BCUT2D eigenvalue weighted by molar-refractivity contribution is 0.108. The summed E-state index contributed by atoms with van der Waals surface area (Å²) in [7, 11) is 0. The quantitative estimate of drug-likeness (QED) is 0.902. The first-order valence-corrected chi connectivity index (χ1v) is 7.07. The molecule has 2 aliphatic rings. The van der Waals surface area contributed by atoms with Gasteiger partial charge in [0.2, 0.25) is 6.79 Å². The predicted octanol–water partition coefficient (Wildman–Crippen LogP) is 2.25. The van der Waals surface area contributed by atoms with Gasteiger partial charge in [0.05, 0.1) is 5.02 Å². The first-order chi connectivity index (χ1) is 9.15. The third-order valence-electron chi connectivity index (χ3n) is 3.86. The van der Waals surface area contributed by atoms with Gasteiger partial charge in [-0.2, -0.15) is 0 Å². The van der Waals surface area contributed by atoms with Crippen LogP contribution in [0.1, 0.15) is 19.4 Å². The van der Waals surface area contributed by atoms with Gasteiger partial charge in [0.15, 0.2) is 11.5 Å². The van der Waals surface area contributed by atoms with Gasteiger partial charge in [-0.15, -0.1) is 0 Å². The Bertz CT molecular complexity index is 471. The Kier molecular flexibility index (Phi) is 3.56. The van der Waals surface area contributed by atoms with Crippen molar-refractivity contribution in [3.05, 3.63) is 22.7 Å². The molecule has 1 saturated heterocycles. The highest BCUT2D eigenvalue weighted by Crippen LogP contribution is 2.40. The summed E-state index contributed by atoms with van der Waals surface area (Å²) < 4.78 is 10.8. The van der Waals surface area contributed by atoms with Gasteiger partial charge in [0, 0.05) is 31.7 Å². The van der Waals surface area contributed by atoms with Crippen LogP contribution in [0, 0.1) is 0 Å². The van der Waals surface area contributed by atoms with Crippen LogP contribution >= 0.6 is 11.6 Å². The van der Waals surface area contributed by atoms with Gasteiger partial charge in [0.1, 0.15) is 0 Å². The molecule has 0 aliphatic carbocycles. The van der Waals surface area contributed by atoms with Crippen molar-refractivity contribution in [1.82, 2.24) is 10.2 Å². The van der Waals surface area contributed by atoms with Crippen molar-refractivity contribution in [3.8, 4) is 11.5 Å². The predicted molar refractivity (Wildman–Crippen MR) is 74.9 cm³/mol. The second-order valence-electron chi connectivity index (χ2n) is 5.34. The molecule has 4 nitrogen and oxygen atoms in total. The zero-order chi connectivity index (χ0) is 13.4. The second kappa shape index (κ2) is 5.19. The number of nitrogens with zero attached hydrogens (tertiary/aromatic N) is 1. The highest BCUT2D eigenvalue weighted by Gasteiger charge is 2.25. The monoisotopic (exact) mass is 282 g/mol. The third-order valence-corrected chi connectivity index (χ3v) is 4.14. The molecule has 0 saturated carbocycles. The fraction of sp³-hybridized carbons (Fsp3) is 0.571. The first kappa shape index (κ1) is 13.0. The lowest BCUT2D eigenvalue weighted by atomic mass is 10.1. The summed E-state index contributed by atoms with van der Waals surface area (Å²) in [5, 5.41) is 4.08. The van der Waals surface area contributed by atoms with Crippen molar-refractivity contribution in [2.45, 2.75) is 32.5 Å². The van der Waals surface area contributed by atoms with E-state index >= 15 is 0 Å². The van der Waals surface area contributed by atoms with Crippen LogP contribution in [0.4, 0.5) is 0 Å². The maximum Gasteiger partial charge on any atom is 0.231 e. The molecule has 2 aliphatic heterocycles. The van der Waals surface area contributed by atoms with E-state index in [1.807, 2.05) is 12.1 Å². The number of piperazine rings is 1. The van der Waals surface area contributed by atoms with Gasteiger partial charge in [0.25, 0.3) is 0 Å². The molecule has 0 bridgehead atoms. The molecule has 2 unspecified atom stereocenters. The fourth-order valence-corrected chi connectivity index (χ4v) is 3.09. The molecule has 0 spiro atoms. The topological polar surface area (TPSA) is 33.7 Å². The molecule has 1 fully saturated rings. The van der Waals surface area contributed by atoms with Crippen molar-refractivity contribution < 1.29 is 9.47 Å². The molecule has 0 amide bonds. The van der Waals surface area contributed by atoms with Gasteiger partial charge in [-0.05, 0) is 31.5 Å². The Morgan fingerprint density at radius 1 is 1.26 bits per heavy atom. The van der Waals surface area contributed by atoms with Crippen molar-refractivity contribution in [1.29, 1.82) is 0 Å². The van der Waals surface area contributed by atoms with Crippen molar-refractivity contribution in [3.63, 3.8) is 0 Å². The summed E-state index contributed by atoms with van der Waals surface area (Å²) in [6.45, 7) is 7.71. The summed E-state index contributed by atoms with van der Waals surface area (Å²) >= 11 is 6.23. The van der Waals surface area contributed by atoms with Crippen molar-refractivity contribution in [2.24, 2.45) is 0 Å². The minimum Gasteiger partial charge on any atom is -0.454 e. The summed E-state index contributed by atoms with van der Waals surface area (Å²) in [6, 6.07) is 5.06. The number of rotatable bonds is 2. The van der Waals surface area contributed by atoms with Crippen LogP contribution in [0.15, 0.2) is 12.1 Å². The zero-order valence-electron chi connectivity index (χ0n) is 11.3. The number of hydrogen-bond donors (Lipinski definition) is 1. The van der Waals surface area contributed by atoms with E-state index in [-0.39, 0.29) is 6.79 Å². The first-order valence-electron chi connectivity index (χ1n) is 6.69. The lowest BCUT2D eigenvalue weighted by Gasteiger charge is -2.39. The second-order valence-corrected chi connectivity index (χ2v) is 5.75. The average molecular weight is 283 g/mol. The van der Waals surface area contributed by atoms with E-state index in [0.717, 1.165) is 25.4 Å². The molecule has 1 N–H and O–H groups in total. The maximum absolute atomic E-state index is 6.23. The van der Waals surface area contributed by atoms with Crippen LogP contribution in [0.5, 0.6) is 11.5 Å². The number of fused-ring (bicyclic) bond motifs is 1. The minimum absolute atomic E-state index is 0.263. The molecule has 104 valence electrons. The van der Waals surface area contributed by atoms with Crippen molar-refractivity contribution in [2.75, 3.05) is 19.9 Å². The number of hydrogen-bond acceptors (Lipinski definition) is 4. The van der Waals surface area contributed by atoms with E-state index in [0.29, 0.717) is 22.9 Å². The summed E-state index contributed by atoms with van der Waals surface area (Å²) in [5.41, 5.74) is 1.18. The van der Waals surface area contributed by atoms with Crippen LogP contribution in [-0.2, 0) is 6.54 Å². The largest absolute Gasteiger partial charge is 0.454 e. The number of nitrogens with one attached hydrogen (secondary N) is 1. The Balaban J connectivity index is 1.81. The van der Waals surface area contributed by atoms with Gasteiger partial charge in [-0.1, -0.05) is 11.6 Å². The van der Waals surface area contributed by atoms with E-state index in [1.165, 1.54) is 5.56 Å². The van der Waals surface area contributed by atoms with E-state index < -0.39 is 0 Å². The van der Waals surface area contributed by atoms with Gasteiger partial charge in [-0.3, -0.25) is 4.90 Å². The van der Waals surface area contributed by atoms with E-state index in [1.54, 1.807) is 0 Å². The van der Waals surface area contributed by atoms with E-state index in [2.05, 4.69) is 24.1 Å².